The molecule has 0 saturated carbocycles. The monoisotopic (exact) mass is 288 g/mol. The number of carbonyl (C=O) groups excluding carboxylic acids is 1. The molecule has 1 aliphatic heterocycles. The molecule has 1 aliphatic rings. The number of hydrogen-bond acceptors (Lipinski definition) is 4. The largest absolute Gasteiger partial charge is 0.490 e. The molecule has 0 atom stereocenters. The number of rotatable bonds is 4. The summed E-state index contributed by atoms with van der Waals surface area (Å²) in [5.74, 6) is 0.757. The van der Waals surface area contributed by atoms with Gasteiger partial charge in [0.15, 0.2) is 5.17 Å². The first kappa shape index (κ1) is 14.4. The number of aliphatic imine (C=N–C) groups is 1. The summed E-state index contributed by atoms with van der Waals surface area (Å²) in [7, 11) is 3.41. The maximum absolute atomic E-state index is 12.0. The smallest absolute Gasteiger partial charge is 0.266 e. The van der Waals surface area contributed by atoms with Crippen molar-refractivity contribution in [1.82, 2.24) is 4.90 Å². The normalized spacial score (nSPS) is 18.9. The van der Waals surface area contributed by atoms with Gasteiger partial charge in [0.05, 0.1) is 4.91 Å². The Labute approximate surface area is 122 Å². The minimum Gasteiger partial charge on any atom is -0.490 e. The Morgan fingerprint density at radius 2 is 2.10 bits per heavy atom. The molecule has 1 amide bonds. The number of amidine groups is 1. The summed E-state index contributed by atoms with van der Waals surface area (Å²) < 4.78 is 5.41. The van der Waals surface area contributed by atoms with Crippen molar-refractivity contribution in [3.8, 4) is 5.75 Å². The average molecular weight is 288 g/mol. The van der Waals surface area contributed by atoms with E-state index in [-0.39, 0.29) is 5.91 Å². The van der Waals surface area contributed by atoms with E-state index in [9.17, 15) is 4.79 Å². The van der Waals surface area contributed by atoms with Crippen LogP contribution < -0.4 is 4.74 Å². The van der Waals surface area contributed by atoms with Gasteiger partial charge in [-0.05, 0) is 35.5 Å². The minimum atomic E-state index is -0.0254. The molecule has 104 valence electrons. The number of likely N-dealkylation sites (N-methyl/N-ethyl adjacent to an activating group) is 1. The zero-order valence-corrected chi connectivity index (χ0v) is 12.3. The molecular formula is C15H16N2O2S. The second-order valence-corrected chi connectivity index (χ2v) is 5.16. The third-order valence-corrected chi connectivity index (χ3v) is 3.89. The summed E-state index contributed by atoms with van der Waals surface area (Å²) in [4.78, 5) is 18.3. The predicted molar refractivity (Wildman–Crippen MR) is 83.8 cm³/mol. The van der Waals surface area contributed by atoms with Crippen LogP contribution in [0.15, 0.2) is 46.8 Å². The average Bonchev–Trinajstić information content (AvgIpc) is 2.74. The van der Waals surface area contributed by atoms with Crippen LogP contribution in [0, 0.1) is 0 Å². The van der Waals surface area contributed by atoms with Crippen LogP contribution in [0.3, 0.4) is 0 Å². The molecule has 20 heavy (non-hydrogen) atoms. The summed E-state index contributed by atoms with van der Waals surface area (Å²) in [5, 5.41) is 0.715. The number of amides is 1. The second kappa shape index (κ2) is 6.43. The van der Waals surface area contributed by atoms with E-state index in [1.807, 2.05) is 30.3 Å². The summed E-state index contributed by atoms with van der Waals surface area (Å²) in [6, 6.07) is 7.58. The van der Waals surface area contributed by atoms with Gasteiger partial charge in [-0.15, -0.1) is 0 Å². The van der Waals surface area contributed by atoms with E-state index < -0.39 is 0 Å². The van der Waals surface area contributed by atoms with E-state index in [0.29, 0.717) is 16.7 Å². The van der Waals surface area contributed by atoms with Gasteiger partial charge in [0.2, 0.25) is 0 Å². The summed E-state index contributed by atoms with van der Waals surface area (Å²) >= 11 is 1.38. The van der Waals surface area contributed by atoms with Gasteiger partial charge in [-0.2, -0.15) is 0 Å². The van der Waals surface area contributed by atoms with E-state index in [0.717, 1.165) is 11.3 Å². The molecule has 0 aromatic heterocycles. The Bertz CT molecular complexity index is 576. The molecule has 0 N–H and O–H groups in total. The molecule has 5 heteroatoms. The highest BCUT2D eigenvalue weighted by Crippen LogP contribution is 2.31. The van der Waals surface area contributed by atoms with Gasteiger partial charge in [0, 0.05) is 14.1 Å². The predicted octanol–water partition coefficient (Wildman–Crippen LogP) is 2.78. The van der Waals surface area contributed by atoms with Crippen molar-refractivity contribution in [3.63, 3.8) is 0 Å². The molecule has 0 radical (unpaired) electrons. The Morgan fingerprint density at radius 3 is 2.65 bits per heavy atom. The number of thioether (sulfide) groups is 1. The lowest BCUT2D eigenvalue weighted by Crippen LogP contribution is -2.23. The van der Waals surface area contributed by atoms with Crippen LogP contribution >= 0.6 is 11.8 Å². The van der Waals surface area contributed by atoms with Gasteiger partial charge in [-0.25, -0.2) is 0 Å². The second-order valence-electron chi connectivity index (χ2n) is 4.15. The molecule has 0 bridgehead atoms. The molecule has 0 spiro atoms. The highest BCUT2D eigenvalue weighted by Gasteiger charge is 2.29. The van der Waals surface area contributed by atoms with Crippen LogP contribution in [-0.4, -0.2) is 36.7 Å². The topological polar surface area (TPSA) is 41.9 Å². The van der Waals surface area contributed by atoms with Crippen LogP contribution in [0.4, 0.5) is 0 Å². The van der Waals surface area contributed by atoms with E-state index in [1.165, 1.54) is 11.8 Å². The van der Waals surface area contributed by atoms with E-state index >= 15 is 0 Å². The van der Waals surface area contributed by atoms with Crippen molar-refractivity contribution in [2.45, 2.75) is 0 Å². The fraction of sp³-hybridized carbons (Fsp3) is 0.200. The van der Waals surface area contributed by atoms with Gasteiger partial charge >= 0.3 is 0 Å². The number of ether oxygens (including phenoxy) is 1. The van der Waals surface area contributed by atoms with E-state index in [2.05, 4.69) is 11.6 Å². The Kier molecular flexibility index (Phi) is 4.63. The Morgan fingerprint density at radius 1 is 1.40 bits per heavy atom. The number of nitrogens with zero attached hydrogens (tertiary/aromatic N) is 2. The molecule has 1 aromatic carbocycles. The lowest BCUT2D eigenvalue weighted by atomic mass is 10.2. The minimum absolute atomic E-state index is 0.0254. The quantitative estimate of drug-likeness (QED) is 0.632. The summed E-state index contributed by atoms with van der Waals surface area (Å²) in [6.07, 6.45) is 3.56. The van der Waals surface area contributed by atoms with Crippen molar-refractivity contribution < 1.29 is 9.53 Å². The van der Waals surface area contributed by atoms with E-state index in [1.54, 1.807) is 25.1 Å². The van der Waals surface area contributed by atoms with Crippen LogP contribution in [-0.2, 0) is 4.79 Å². The third kappa shape index (κ3) is 3.11. The Hall–Kier alpha value is -2.01. The fourth-order valence-corrected chi connectivity index (χ4v) is 2.64. The molecule has 0 unspecified atom stereocenters. The summed E-state index contributed by atoms with van der Waals surface area (Å²) in [6.45, 7) is 4.08. The van der Waals surface area contributed by atoms with Crippen molar-refractivity contribution in [2.75, 3.05) is 20.7 Å². The fourth-order valence-electron chi connectivity index (χ4n) is 1.72. The maximum Gasteiger partial charge on any atom is 0.266 e. The van der Waals surface area contributed by atoms with Crippen molar-refractivity contribution in [3.05, 3.63) is 47.4 Å². The lowest BCUT2D eigenvalue weighted by Gasteiger charge is -2.05. The lowest BCUT2D eigenvalue weighted by molar-refractivity contribution is -0.121. The zero-order valence-electron chi connectivity index (χ0n) is 11.5. The SMILES string of the molecule is C=CCOc1ccc(/C=C2/SC(=NC)N(C)C2=O)cc1. The number of benzene rings is 1. The first-order valence-electron chi connectivity index (χ1n) is 6.14. The molecular weight excluding hydrogens is 272 g/mol. The van der Waals surface area contributed by atoms with Gasteiger partial charge in [-0.1, -0.05) is 24.8 Å². The molecule has 1 saturated heterocycles. The number of hydrogen-bond donors (Lipinski definition) is 0. The number of carbonyl (C=O) groups is 1. The van der Waals surface area contributed by atoms with Crippen molar-refractivity contribution in [2.24, 2.45) is 4.99 Å². The maximum atomic E-state index is 12.0. The van der Waals surface area contributed by atoms with Crippen LogP contribution in [0.25, 0.3) is 6.08 Å². The van der Waals surface area contributed by atoms with E-state index in [4.69, 9.17) is 4.74 Å². The first-order chi connectivity index (χ1) is 9.65. The highest BCUT2D eigenvalue weighted by atomic mass is 32.2. The van der Waals surface area contributed by atoms with Crippen molar-refractivity contribution >= 4 is 28.9 Å². The molecule has 2 rings (SSSR count). The van der Waals surface area contributed by atoms with Crippen molar-refractivity contribution in [1.29, 1.82) is 0 Å². The standard InChI is InChI=1S/C15H16N2O2S/c1-4-9-19-12-7-5-11(6-8-12)10-13-14(18)17(3)15(16-2)20-13/h4-8,10H,1,9H2,2-3H3/b13-10+,16-15?. The molecule has 4 nitrogen and oxygen atoms in total. The van der Waals surface area contributed by atoms with Crippen LogP contribution in [0.1, 0.15) is 5.56 Å². The summed E-state index contributed by atoms with van der Waals surface area (Å²) in [5.41, 5.74) is 0.956. The van der Waals surface area contributed by atoms with Gasteiger partial charge in [-0.3, -0.25) is 14.7 Å². The van der Waals surface area contributed by atoms with Crippen LogP contribution in [0.2, 0.25) is 0 Å². The van der Waals surface area contributed by atoms with Gasteiger partial charge < -0.3 is 4.74 Å². The first-order valence-corrected chi connectivity index (χ1v) is 6.95. The highest BCUT2D eigenvalue weighted by molar-refractivity contribution is 8.18. The molecule has 1 aromatic rings. The van der Waals surface area contributed by atoms with Gasteiger partial charge in [0.25, 0.3) is 5.91 Å². The molecule has 0 aliphatic carbocycles. The van der Waals surface area contributed by atoms with Crippen LogP contribution in [0.5, 0.6) is 5.75 Å². The van der Waals surface area contributed by atoms with Gasteiger partial charge in [0.1, 0.15) is 12.4 Å². The molecule has 1 fully saturated rings. The molecule has 1 heterocycles. The third-order valence-electron chi connectivity index (χ3n) is 2.74. The Balaban J connectivity index is 2.15. The zero-order chi connectivity index (χ0) is 14.5.